The fourth-order valence-corrected chi connectivity index (χ4v) is 5.24. The number of carbonyl (C=O) groups excluding carboxylic acids is 1. The van der Waals surface area contributed by atoms with Crippen LogP contribution < -0.4 is 0 Å². The fourth-order valence-electron chi connectivity index (χ4n) is 3.75. The van der Waals surface area contributed by atoms with E-state index < -0.39 is 9.84 Å². The van der Waals surface area contributed by atoms with E-state index in [9.17, 15) is 13.2 Å². The van der Waals surface area contributed by atoms with Gasteiger partial charge in [0.2, 0.25) is 15.0 Å². The molecule has 0 spiro atoms. The summed E-state index contributed by atoms with van der Waals surface area (Å²) in [6.07, 6.45) is 3.24. The summed E-state index contributed by atoms with van der Waals surface area (Å²) < 4.78 is 28.4. The number of imidazole rings is 1. The van der Waals surface area contributed by atoms with Crippen molar-refractivity contribution in [3.05, 3.63) is 95.8 Å². The number of aryl methyl sites for hydroxylation is 1. The van der Waals surface area contributed by atoms with Gasteiger partial charge in [-0.1, -0.05) is 68.0 Å². The van der Waals surface area contributed by atoms with Gasteiger partial charge >= 0.3 is 0 Å². The molecule has 0 fully saturated rings. The maximum absolute atomic E-state index is 13.3. The topological polar surface area (TPSA) is 72.3 Å². The van der Waals surface area contributed by atoms with Crippen molar-refractivity contribution in [2.45, 2.75) is 44.8 Å². The molecule has 0 aliphatic rings. The summed E-state index contributed by atoms with van der Waals surface area (Å²) in [6, 6.07) is 16.5. The predicted octanol–water partition coefficient (Wildman–Crippen LogP) is 4.65. The smallest absolute Gasteiger partial charge is 0.254 e. The third-order valence-electron chi connectivity index (χ3n) is 5.18. The van der Waals surface area contributed by atoms with E-state index in [4.69, 9.17) is 0 Å². The van der Waals surface area contributed by atoms with Crippen molar-refractivity contribution in [2.75, 3.05) is 6.54 Å². The highest BCUT2D eigenvalue weighted by molar-refractivity contribution is 7.90. The van der Waals surface area contributed by atoms with Crippen molar-refractivity contribution in [3.8, 4) is 0 Å². The van der Waals surface area contributed by atoms with Crippen molar-refractivity contribution >= 4 is 15.7 Å². The van der Waals surface area contributed by atoms with Crippen molar-refractivity contribution in [1.29, 1.82) is 0 Å². The average Bonchev–Trinajstić information content (AvgIpc) is 3.15. The van der Waals surface area contributed by atoms with E-state index in [-0.39, 0.29) is 29.3 Å². The number of carbonyl (C=O) groups is 1. The van der Waals surface area contributed by atoms with Gasteiger partial charge in [-0.05, 0) is 30.5 Å². The normalized spacial score (nSPS) is 11.5. The van der Waals surface area contributed by atoms with Crippen LogP contribution in [0.5, 0.6) is 0 Å². The van der Waals surface area contributed by atoms with Crippen LogP contribution in [0.2, 0.25) is 0 Å². The third kappa shape index (κ3) is 6.20. The molecule has 33 heavy (non-hydrogen) atoms. The van der Waals surface area contributed by atoms with E-state index in [1.165, 1.54) is 0 Å². The summed E-state index contributed by atoms with van der Waals surface area (Å²) in [5, 5.41) is 0.0402. The Hall–Kier alpha value is -3.19. The minimum atomic E-state index is -3.68. The Morgan fingerprint density at radius 1 is 1.15 bits per heavy atom. The van der Waals surface area contributed by atoms with E-state index >= 15 is 0 Å². The van der Waals surface area contributed by atoms with Crippen LogP contribution in [0.1, 0.15) is 41.0 Å². The molecule has 7 heteroatoms. The highest BCUT2D eigenvalue weighted by Gasteiger charge is 2.26. The number of nitrogens with zero attached hydrogens (tertiary/aromatic N) is 3. The summed E-state index contributed by atoms with van der Waals surface area (Å²) in [5.74, 6) is -0.0664. The molecular weight excluding hydrogens is 434 g/mol. The summed E-state index contributed by atoms with van der Waals surface area (Å²) in [4.78, 5) is 19.0. The Morgan fingerprint density at radius 3 is 2.52 bits per heavy atom. The Kier molecular flexibility index (Phi) is 7.87. The molecule has 174 valence electrons. The first-order chi connectivity index (χ1) is 15.7. The lowest BCUT2D eigenvalue weighted by molar-refractivity contribution is 0.0758. The monoisotopic (exact) mass is 465 g/mol. The molecule has 1 heterocycles. The van der Waals surface area contributed by atoms with E-state index in [1.807, 2.05) is 63.2 Å². The maximum Gasteiger partial charge on any atom is 0.254 e. The van der Waals surface area contributed by atoms with Crippen LogP contribution in [0.25, 0.3) is 0 Å². The molecule has 0 saturated heterocycles. The molecule has 0 radical (unpaired) electrons. The molecule has 3 rings (SSSR count). The van der Waals surface area contributed by atoms with Gasteiger partial charge in [0.15, 0.2) is 0 Å². The quantitative estimate of drug-likeness (QED) is 0.409. The predicted molar refractivity (Wildman–Crippen MR) is 131 cm³/mol. The Bertz CT molecular complexity index is 1210. The molecule has 0 atom stereocenters. The minimum Gasteiger partial charge on any atom is -0.329 e. The second-order valence-corrected chi connectivity index (χ2v) is 10.5. The molecule has 0 aliphatic carbocycles. The summed E-state index contributed by atoms with van der Waals surface area (Å²) in [7, 11) is -3.68. The van der Waals surface area contributed by atoms with Gasteiger partial charge in [-0.2, -0.15) is 0 Å². The zero-order valence-electron chi connectivity index (χ0n) is 19.4. The summed E-state index contributed by atoms with van der Waals surface area (Å²) in [5.41, 5.74) is 2.98. The lowest BCUT2D eigenvalue weighted by Gasteiger charge is -2.23. The van der Waals surface area contributed by atoms with Gasteiger partial charge in [-0.25, -0.2) is 13.4 Å². The van der Waals surface area contributed by atoms with Crippen molar-refractivity contribution in [2.24, 2.45) is 5.92 Å². The molecule has 0 unspecified atom stereocenters. The van der Waals surface area contributed by atoms with Crippen molar-refractivity contribution < 1.29 is 13.2 Å². The lowest BCUT2D eigenvalue weighted by Crippen LogP contribution is -2.32. The second-order valence-electron chi connectivity index (χ2n) is 8.63. The molecule has 0 N–H and O–H groups in total. The average molecular weight is 466 g/mol. The van der Waals surface area contributed by atoms with E-state index in [0.717, 1.165) is 11.1 Å². The van der Waals surface area contributed by atoms with Crippen LogP contribution in [-0.4, -0.2) is 35.3 Å². The van der Waals surface area contributed by atoms with E-state index in [1.54, 1.807) is 33.9 Å². The SMILES string of the molecule is C=CCN(Cc1cnc(S(=O)(=O)Cc2cccc(C)c2)n1CC(C)C)C(=O)c1ccccc1. The second kappa shape index (κ2) is 10.6. The van der Waals surface area contributed by atoms with Gasteiger partial charge < -0.3 is 9.47 Å². The van der Waals surface area contributed by atoms with Gasteiger partial charge in [-0.3, -0.25) is 4.79 Å². The number of hydrogen-bond acceptors (Lipinski definition) is 4. The molecule has 0 bridgehead atoms. The summed E-state index contributed by atoms with van der Waals surface area (Å²) in [6.45, 7) is 10.8. The van der Waals surface area contributed by atoms with Crippen molar-refractivity contribution in [3.63, 3.8) is 0 Å². The van der Waals surface area contributed by atoms with E-state index in [0.29, 0.717) is 24.3 Å². The van der Waals surface area contributed by atoms with Crippen LogP contribution >= 0.6 is 0 Å². The van der Waals surface area contributed by atoms with Crippen LogP contribution in [0.3, 0.4) is 0 Å². The molecule has 0 aliphatic heterocycles. The van der Waals surface area contributed by atoms with Crippen LogP contribution in [-0.2, 0) is 28.7 Å². The molecule has 2 aromatic carbocycles. The first-order valence-electron chi connectivity index (χ1n) is 11.0. The van der Waals surface area contributed by atoms with Crippen molar-refractivity contribution in [1.82, 2.24) is 14.5 Å². The molecule has 3 aromatic rings. The highest BCUT2D eigenvalue weighted by atomic mass is 32.2. The first kappa shape index (κ1) is 24.5. The minimum absolute atomic E-state index is 0.0402. The largest absolute Gasteiger partial charge is 0.329 e. The number of benzene rings is 2. The number of aromatic nitrogens is 2. The van der Waals surface area contributed by atoms with E-state index in [2.05, 4.69) is 11.6 Å². The molecular formula is C26H31N3O3S. The number of sulfone groups is 1. The van der Waals surface area contributed by atoms with Gasteiger partial charge in [0.25, 0.3) is 5.91 Å². The standard InChI is InChI=1S/C26H31N3O3S/c1-5-14-28(25(30)23-12-7-6-8-13-23)18-24-16-27-26(29(24)17-20(2)3)33(31,32)19-22-11-9-10-21(4)15-22/h5-13,15-16,20H,1,14,17-19H2,2-4H3. The first-order valence-corrected chi connectivity index (χ1v) is 12.6. The third-order valence-corrected chi connectivity index (χ3v) is 6.77. The Labute approximate surface area is 196 Å². The number of amides is 1. The number of rotatable bonds is 10. The zero-order chi connectivity index (χ0) is 24.0. The zero-order valence-corrected chi connectivity index (χ0v) is 20.3. The van der Waals surface area contributed by atoms with Crippen LogP contribution in [0.4, 0.5) is 0 Å². The molecule has 1 aromatic heterocycles. The molecule has 0 saturated carbocycles. The molecule has 6 nitrogen and oxygen atoms in total. The fraction of sp³-hybridized carbons (Fsp3) is 0.308. The van der Waals surface area contributed by atoms with Gasteiger partial charge in [-0.15, -0.1) is 6.58 Å². The summed E-state index contributed by atoms with van der Waals surface area (Å²) >= 11 is 0. The van der Waals surface area contributed by atoms with Crippen LogP contribution in [0, 0.1) is 12.8 Å². The van der Waals surface area contributed by atoms with Gasteiger partial charge in [0.1, 0.15) is 0 Å². The Morgan fingerprint density at radius 2 is 1.88 bits per heavy atom. The Balaban J connectivity index is 1.95. The maximum atomic E-state index is 13.3. The van der Waals surface area contributed by atoms with Crippen LogP contribution in [0.15, 0.2) is 78.6 Å². The van der Waals surface area contributed by atoms with Gasteiger partial charge in [0, 0.05) is 18.7 Å². The lowest BCUT2D eigenvalue weighted by atomic mass is 10.2. The molecule has 1 amide bonds. The highest BCUT2D eigenvalue weighted by Crippen LogP contribution is 2.21. The van der Waals surface area contributed by atoms with Gasteiger partial charge in [0.05, 0.1) is 24.2 Å². The number of hydrogen-bond donors (Lipinski definition) is 0.